The van der Waals surface area contributed by atoms with Crippen molar-refractivity contribution in [1.82, 2.24) is 28.1 Å². The number of phenols is 2. The summed E-state index contributed by atoms with van der Waals surface area (Å²) < 4.78 is 69.9. The van der Waals surface area contributed by atoms with E-state index < -0.39 is 41.5 Å². The second-order valence-electron chi connectivity index (χ2n) is 23.6. The van der Waals surface area contributed by atoms with Crippen LogP contribution in [0.2, 0.25) is 4.47 Å². The summed E-state index contributed by atoms with van der Waals surface area (Å²) in [6, 6.07) is 30.7. The van der Waals surface area contributed by atoms with E-state index in [1.54, 1.807) is 0 Å². The van der Waals surface area contributed by atoms with E-state index in [2.05, 4.69) is 163 Å². The van der Waals surface area contributed by atoms with Gasteiger partial charge in [-0.2, -0.15) is 18.1 Å². The average molecular weight is 1530 g/mol. The Labute approximate surface area is 573 Å². The molecule has 0 spiro atoms. The number of anilines is 3. The Morgan fingerprint density at radius 3 is 1.33 bits per heavy atom. The summed E-state index contributed by atoms with van der Waals surface area (Å²) in [5, 5.41) is 20.7. The zero-order valence-electron chi connectivity index (χ0n) is 51.3. The molecular formula is C62H70B2Br2ClF2N9O8PdS3. The normalized spacial score (nSPS) is 17.5. The number of aldehydes is 1. The molecule has 0 bridgehead atoms. The van der Waals surface area contributed by atoms with Crippen molar-refractivity contribution in [2.45, 2.75) is 116 Å². The Balaban J connectivity index is 0.000000150. The number of hydrogen-bond acceptors (Lipinski definition) is 20. The molecule has 0 aliphatic carbocycles. The van der Waals surface area contributed by atoms with E-state index in [-0.39, 0.29) is 50.1 Å². The fraction of sp³-hybridized carbons (Fsp3) is 0.403. The SMILES string of the molecule is Brc1nsc(-c2ccc(N3CCCC3)cc2)n1.CC1(C)OB(c2cc(F)c(O)c(C=O)c2)OC1(C)C.CC1(C)OB(c2ccc(N3CCCC3)cc2)OC1(C)C.COc1cc(-c2nsc(-c3ccc(N4CCCC4)cc3)n2)cc(F)c1O.Clc1nc(Br)ns1.[Pd]. The van der Waals surface area contributed by atoms with Crippen LogP contribution in [0, 0.1) is 11.6 Å². The summed E-state index contributed by atoms with van der Waals surface area (Å²) in [4.78, 5) is 30.6. The number of carbonyl (C=O) groups is 1. The molecule has 5 fully saturated rings. The molecule has 2 N–H and O–H groups in total. The van der Waals surface area contributed by atoms with Gasteiger partial charge in [-0.15, -0.1) is 0 Å². The van der Waals surface area contributed by atoms with Crippen LogP contribution in [0.5, 0.6) is 17.2 Å². The smallest absolute Gasteiger partial charge is 0.494 e. The molecule has 8 heterocycles. The van der Waals surface area contributed by atoms with E-state index in [1.165, 1.54) is 130 Å². The summed E-state index contributed by atoms with van der Waals surface area (Å²) in [5.41, 5.74) is 6.14. The van der Waals surface area contributed by atoms with Gasteiger partial charge in [0.2, 0.25) is 13.9 Å². The number of benzene rings is 5. The zero-order chi connectivity index (χ0) is 63.8. The van der Waals surface area contributed by atoms with Crippen molar-refractivity contribution in [2.75, 3.05) is 61.1 Å². The van der Waals surface area contributed by atoms with E-state index >= 15 is 0 Å². The first-order chi connectivity index (χ1) is 42.3. The van der Waals surface area contributed by atoms with E-state index in [0.717, 1.165) is 57.3 Å². The molecule has 28 heteroatoms. The van der Waals surface area contributed by atoms with Crippen molar-refractivity contribution in [2.24, 2.45) is 0 Å². The first-order valence-electron chi connectivity index (χ1n) is 29.1. The monoisotopic (exact) mass is 1520 g/mol. The van der Waals surface area contributed by atoms with Crippen molar-refractivity contribution < 1.29 is 67.6 Å². The Morgan fingerprint density at radius 2 is 0.944 bits per heavy atom. The molecule has 0 radical (unpaired) electrons. The minimum atomic E-state index is -0.866. The van der Waals surface area contributed by atoms with Crippen LogP contribution in [-0.4, -0.2) is 128 Å². The second-order valence-corrected chi connectivity index (χ2v) is 27.9. The Morgan fingerprint density at radius 1 is 0.544 bits per heavy atom. The maximum Gasteiger partial charge on any atom is 0.494 e. The molecule has 5 saturated heterocycles. The molecule has 8 aromatic rings. The third-order valence-electron chi connectivity index (χ3n) is 16.5. The van der Waals surface area contributed by atoms with Crippen LogP contribution < -0.4 is 30.4 Å². The van der Waals surface area contributed by atoms with E-state index in [1.807, 2.05) is 39.8 Å². The average Bonchev–Trinajstić information content (AvgIpc) is 1.67. The third kappa shape index (κ3) is 17.4. The van der Waals surface area contributed by atoms with Gasteiger partial charge in [0.25, 0.3) is 0 Å². The predicted molar refractivity (Wildman–Crippen MR) is 360 cm³/mol. The summed E-state index contributed by atoms with van der Waals surface area (Å²) in [6.07, 6.45) is 8.11. The van der Waals surface area contributed by atoms with Crippen LogP contribution in [0.15, 0.2) is 107 Å². The molecule has 13 rings (SSSR count). The number of nitrogens with zero attached hydrogens (tertiary/aromatic N) is 9. The molecule has 5 aliphatic rings. The van der Waals surface area contributed by atoms with Gasteiger partial charge in [-0.25, -0.2) is 18.7 Å². The van der Waals surface area contributed by atoms with Crippen LogP contribution >= 0.6 is 78.1 Å². The molecule has 17 nitrogen and oxygen atoms in total. The molecule has 3 aromatic heterocycles. The Bertz CT molecular complexity index is 3630. The van der Waals surface area contributed by atoms with Gasteiger partial charge in [0.15, 0.2) is 41.0 Å². The molecule has 0 unspecified atom stereocenters. The van der Waals surface area contributed by atoms with Gasteiger partial charge < -0.3 is 48.3 Å². The number of ether oxygens (including phenoxy) is 1. The maximum absolute atomic E-state index is 13.8. The fourth-order valence-electron chi connectivity index (χ4n) is 10.1. The summed E-state index contributed by atoms with van der Waals surface area (Å²) in [6.45, 7) is 22.8. The van der Waals surface area contributed by atoms with Crippen molar-refractivity contribution in [3.63, 3.8) is 0 Å². The van der Waals surface area contributed by atoms with Crippen molar-refractivity contribution in [3.8, 4) is 49.8 Å². The molecule has 90 heavy (non-hydrogen) atoms. The summed E-state index contributed by atoms with van der Waals surface area (Å²) in [7, 11) is 0.353. The van der Waals surface area contributed by atoms with Crippen molar-refractivity contribution in [1.29, 1.82) is 0 Å². The molecule has 5 aliphatic heterocycles. The van der Waals surface area contributed by atoms with Gasteiger partial charge in [0.05, 0.1) is 35.1 Å². The van der Waals surface area contributed by atoms with Gasteiger partial charge in [-0.3, -0.25) is 4.79 Å². The number of rotatable bonds is 10. The number of hydrogen-bond donors (Lipinski definition) is 2. The standard InChI is InChI=1S/C19H18FN3O2S.C16H24BNO2.C13H16BFO4.C12H12BrN3S.C2BrClN2S.Pd/c1-25-16-11-13(10-15(20)17(16)24)18-21-19(26-22-18)12-4-6-14(7-5-12)23-8-2-3-9-23;1-15(2)16(3,4)20-17(19-15)13-7-9-14(10-8-13)18-11-5-6-12-18;1-12(2)13(3,4)19-14(18-12)9-5-8(7-16)11(17)10(15)6-9;13-12-14-11(17-15-12)9-3-5-10(6-4-9)16-7-1-2-8-16;3-1-5-2(4)7-6-1;/h4-7,10-11,24H,2-3,8-9H2,1H3;7-10H,5-6,11-12H2,1-4H3;5-7,17H,1-4H3;3-6H,1-2,7-8H2;;. The molecular weight excluding hydrogens is 1460 g/mol. The van der Waals surface area contributed by atoms with Gasteiger partial charge in [-0.1, -0.05) is 12.1 Å². The van der Waals surface area contributed by atoms with Crippen LogP contribution in [0.4, 0.5) is 25.8 Å². The molecule has 480 valence electrons. The quantitative estimate of drug-likeness (QED) is 0.0970. The molecule has 5 aromatic carbocycles. The minimum Gasteiger partial charge on any atom is -0.504 e. The van der Waals surface area contributed by atoms with Crippen LogP contribution in [0.1, 0.15) is 104 Å². The molecule has 0 amide bonds. The number of halogens is 5. The van der Waals surface area contributed by atoms with E-state index in [0.29, 0.717) is 37.1 Å². The van der Waals surface area contributed by atoms with Crippen molar-refractivity contribution >= 4 is 127 Å². The summed E-state index contributed by atoms with van der Waals surface area (Å²) >= 11 is 15.5. The minimum absolute atomic E-state index is 0. The largest absolute Gasteiger partial charge is 0.504 e. The first-order valence-corrected chi connectivity index (χ1v) is 33.4. The van der Waals surface area contributed by atoms with Gasteiger partial charge in [0, 0.05) is 93.4 Å². The van der Waals surface area contributed by atoms with Gasteiger partial charge in [0.1, 0.15) is 10.0 Å². The van der Waals surface area contributed by atoms with Gasteiger partial charge in [-0.05, 0) is 268 Å². The fourth-order valence-corrected chi connectivity index (χ4v) is 12.9. The number of aromatic nitrogens is 6. The zero-order valence-corrected chi connectivity index (χ0v) is 59.2. The van der Waals surface area contributed by atoms with Crippen LogP contribution in [0.3, 0.4) is 0 Å². The van der Waals surface area contributed by atoms with Crippen molar-refractivity contribution in [3.05, 3.63) is 128 Å². The second kappa shape index (κ2) is 30.8. The maximum atomic E-state index is 13.8. The number of aromatic hydroxyl groups is 2. The predicted octanol–water partition coefficient (Wildman–Crippen LogP) is 14.1. The van der Waals surface area contributed by atoms with E-state index in [9.17, 15) is 23.8 Å². The molecule has 0 atom stereocenters. The van der Waals surface area contributed by atoms with E-state index in [4.69, 9.17) is 35.0 Å². The van der Waals surface area contributed by atoms with Gasteiger partial charge >= 0.3 is 14.2 Å². The van der Waals surface area contributed by atoms with Crippen LogP contribution in [0.25, 0.3) is 32.5 Å². The topological polar surface area (TPSA) is 191 Å². The number of carbonyl (C=O) groups excluding carboxylic acids is 1. The number of phenolic OH excluding ortho intramolecular Hbond substituents is 2. The molecule has 0 saturated carbocycles. The Kier molecular flexibility index (Phi) is 24.3. The Hall–Kier alpha value is -5.01. The summed E-state index contributed by atoms with van der Waals surface area (Å²) in [5.74, 6) is -2.32. The van der Waals surface area contributed by atoms with Crippen LogP contribution in [-0.2, 0) is 39.0 Å². The number of methoxy groups -OCH3 is 1. The first kappa shape index (κ1) is 70.9. The third-order valence-corrected chi connectivity index (χ3v) is 20.0.